The molecule has 6 heteroatoms. The molecule has 1 aromatic rings. The number of fused-ring (bicyclic) bond motifs is 1. The van der Waals surface area contributed by atoms with Crippen LogP contribution in [0.1, 0.15) is 45.1 Å². The maximum Gasteiger partial charge on any atom is 0.252 e. The summed E-state index contributed by atoms with van der Waals surface area (Å²) in [4.78, 5) is 30.9. The number of nitrogens with one attached hydrogen (secondary N) is 1. The molecule has 31 heavy (non-hydrogen) atoms. The van der Waals surface area contributed by atoms with Gasteiger partial charge in [0.25, 0.3) is 5.91 Å². The Morgan fingerprint density at radius 1 is 1.13 bits per heavy atom. The number of allylic oxidation sites excluding steroid dienone is 3. The number of anilines is 1. The molecule has 0 bridgehead atoms. The topological polar surface area (TPSA) is 61.9 Å². The van der Waals surface area contributed by atoms with E-state index in [0.29, 0.717) is 32.7 Å². The minimum Gasteiger partial charge on any atom is -0.378 e. The fourth-order valence-electron chi connectivity index (χ4n) is 5.07. The highest BCUT2D eigenvalue weighted by Gasteiger charge is 2.43. The molecule has 3 aliphatic rings. The summed E-state index contributed by atoms with van der Waals surface area (Å²) in [5.74, 6) is -0.357. The highest BCUT2D eigenvalue weighted by Crippen LogP contribution is 2.44. The first-order valence-electron chi connectivity index (χ1n) is 11.5. The van der Waals surface area contributed by atoms with Gasteiger partial charge in [-0.15, -0.1) is 0 Å². The molecule has 1 amide bonds. The zero-order valence-corrected chi connectivity index (χ0v) is 18.8. The van der Waals surface area contributed by atoms with Gasteiger partial charge in [0.05, 0.1) is 19.1 Å². The van der Waals surface area contributed by atoms with Gasteiger partial charge in [-0.25, -0.2) is 0 Å². The number of amides is 1. The molecule has 2 aliphatic heterocycles. The third kappa shape index (κ3) is 4.13. The highest BCUT2D eigenvalue weighted by molar-refractivity contribution is 5.99. The average Bonchev–Trinajstić information content (AvgIpc) is 2.80. The number of rotatable bonds is 5. The van der Waals surface area contributed by atoms with Crippen molar-refractivity contribution in [1.29, 1.82) is 0 Å². The normalized spacial score (nSPS) is 23.8. The molecule has 6 nitrogen and oxygen atoms in total. The quantitative estimate of drug-likeness (QED) is 0.788. The predicted molar refractivity (Wildman–Crippen MR) is 122 cm³/mol. The molecule has 1 N–H and O–H groups in total. The number of ketones is 1. The molecule has 1 aromatic carbocycles. The number of Topliss-reactive ketones (excluding diaryl/α,β-unsaturated/α-hetero) is 1. The van der Waals surface area contributed by atoms with Crippen molar-refractivity contribution >= 4 is 17.4 Å². The molecule has 2 atom stereocenters. The second-order valence-electron chi connectivity index (χ2n) is 8.45. The monoisotopic (exact) mass is 423 g/mol. The van der Waals surface area contributed by atoms with Crippen molar-refractivity contribution in [2.24, 2.45) is 5.92 Å². The van der Waals surface area contributed by atoms with E-state index in [0.717, 1.165) is 47.7 Å². The summed E-state index contributed by atoms with van der Waals surface area (Å²) in [6.45, 7) is 10.4. The van der Waals surface area contributed by atoms with Gasteiger partial charge in [0.1, 0.15) is 5.78 Å². The van der Waals surface area contributed by atoms with Gasteiger partial charge in [-0.1, -0.05) is 18.2 Å². The van der Waals surface area contributed by atoms with Crippen molar-refractivity contribution in [2.75, 3.05) is 44.3 Å². The molecule has 4 rings (SSSR count). The maximum absolute atomic E-state index is 13.6. The van der Waals surface area contributed by atoms with Crippen molar-refractivity contribution in [3.05, 3.63) is 52.9 Å². The predicted octanol–water partition coefficient (Wildman–Crippen LogP) is 3.22. The molecule has 0 spiro atoms. The Labute approximate surface area is 184 Å². The number of nitrogens with zero attached hydrogens (tertiary/aromatic N) is 2. The van der Waals surface area contributed by atoms with E-state index in [1.54, 1.807) is 0 Å². The second-order valence-corrected chi connectivity index (χ2v) is 8.45. The standard InChI is InChI=1S/C25H33N3O3/c1-4-27(5-2)19-11-9-18(10-12-19)23-22(25(30)28-13-15-31-16-14-28)17(3)26-20-7-6-8-21(29)24(20)23/h7,9-12,23-24,26H,4-6,8,13-16H2,1-3H3. The van der Waals surface area contributed by atoms with Gasteiger partial charge in [0, 0.05) is 61.2 Å². The Morgan fingerprint density at radius 2 is 1.81 bits per heavy atom. The summed E-state index contributed by atoms with van der Waals surface area (Å²) < 4.78 is 5.44. The fraction of sp³-hybridized carbons (Fsp3) is 0.520. The second kappa shape index (κ2) is 9.27. The Bertz CT molecular complexity index is 893. The average molecular weight is 424 g/mol. The smallest absolute Gasteiger partial charge is 0.252 e. The van der Waals surface area contributed by atoms with Crippen molar-refractivity contribution < 1.29 is 14.3 Å². The first kappa shape index (κ1) is 21.6. The summed E-state index contributed by atoms with van der Waals surface area (Å²) in [6, 6.07) is 8.44. The van der Waals surface area contributed by atoms with Crippen LogP contribution in [0.15, 0.2) is 47.3 Å². The van der Waals surface area contributed by atoms with Gasteiger partial charge < -0.3 is 19.9 Å². The van der Waals surface area contributed by atoms with E-state index in [1.165, 1.54) is 0 Å². The largest absolute Gasteiger partial charge is 0.378 e. The summed E-state index contributed by atoms with van der Waals surface area (Å²) in [5.41, 5.74) is 4.71. The number of benzene rings is 1. The van der Waals surface area contributed by atoms with Crippen LogP contribution in [0.4, 0.5) is 5.69 Å². The molecule has 0 aromatic heterocycles. The molecule has 2 heterocycles. The lowest BCUT2D eigenvalue weighted by molar-refractivity contribution is -0.132. The van der Waals surface area contributed by atoms with E-state index in [-0.39, 0.29) is 23.5 Å². The van der Waals surface area contributed by atoms with Gasteiger partial charge in [0.2, 0.25) is 0 Å². The van der Waals surface area contributed by atoms with Crippen LogP contribution in [0.5, 0.6) is 0 Å². The molecular weight excluding hydrogens is 390 g/mol. The lowest BCUT2D eigenvalue weighted by Gasteiger charge is -2.40. The zero-order valence-electron chi connectivity index (χ0n) is 18.8. The van der Waals surface area contributed by atoms with Gasteiger partial charge in [0.15, 0.2) is 0 Å². The van der Waals surface area contributed by atoms with Crippen molar-refractivity contribution in [3.8, 4) is 0 Å². The molecule has 0 radical (unpaired) electrons. The van der Waals surface area contributed by atoms with E-state index in [2.05, 4.69) is 54.4 Å². The van der Waals surface area contributed by atoms with Gasteiger partial charge in [-0.2, -0.15) is 0 Å². The van der Waals surface area contributed by atoms with E-state index in [9.17, 15) is 9.59 Å². The van der Waals surface area contributed by atoms with Crippen LogP contribution in [0, 0.1) is 5.92 Å². The molecule has 166 valence electrons. The lowest BCUT2D eigenvalue weighted by atomic mass is 9.70. The van der Waals surface area contributed by atoms with Gasteiger partial charge in [-0.3, -0.25) is 9.59 Å². The molecule has 2 unspecified atom stereocenters. The number of carbonyl (C=O) groups is 2. The Kier molecular flexibility index (Phi) is 6.46. The first-order valence-corrected chi connectivity index (χ1v) is 11.5. The molecule has 1 fully saturated rings. The van der Waals surface area contributed by atoms with E-state index in [4.69, 9.17) is 4.74 Å². The molecule has 1 saturated heterocycles. The minimum absolute atomic E-state index is 0.0172. The summed E-state index contributed by atoms with van der Waals surface area (Å²) in [6.07, 6.45) is 3.41. The number of hydrogen-bond acceptors (Lipinski definition) is 5. The SMILES string of the molecule is CCN(CC)c1ccc(C2C(C(=O)N3CCOCC3)=C(C)NC3=CCCC(=O)C32)cc1. The van der Waals surface area contributed by atoms with E-state index >= 15 is 0 Å². The van der Waals surface area contributed by atoms with Crippen LogP contribution < -0.4 is 10.2 Å². The van der Waals surface area contributed by atoms with Gasteiger partial charge >= 0.3 is 0 Å². The number of hydrogen-bond donors (Lipinski definition) is 1. The van der Waals surface area contributed by atoms with Crippen molar-refractivity contribution in [3.63, 3.8) is 0 Å². The molecular formula is C25H33N3O3. The third-order valence-corrected chi connectivity index (χ3v) is 6.73. The van der Waals surface area contributed by atoms with Crippen LogP contribution in [0.3, 0.4) is 0 Å². The Hall–Kier alpha value is -2.60. The first-order chi connectivity index (χ1) is 15.0. The summed E-state index contributed by atoms with van der Waals surface area (Å²) >= 11 is 0. The fourth-order valence-corrected chi connectivity index (χ4v) is 5.07. The van der Waals surface area contributed by atoms with Crippen LogP contribution in [-0.4, -0.2) is 56.0 Å². The molecule has 1 aliphatic carbocycles. The number of carbonyl (C=O) groups excluding carboxylic acids is 2. The lowest BCUT2D eigenvalue weighted by Crippen LogP contribution is -2.47. The molecule has 0 saturated carbocycles. The van der Waals surface area contributed by atoms with Crippen LogP contribution in [-0.2, 0) is 14.3 Å². The van der Waals surface area contributed by atoms with Crippen LogP contribution in [0.25, 0.3) is 0 Å². The third-order valence-electron chi connectivity index (χ3n) is 6.73. The maximum atomic E-state index is 13.6. The number of ether oxygens (including phenoxy) is 1. The van der Waals surface area contributed by atoms with Gasteiger partial charge in [-0.05, 0) is 44.9 Å². The van der Waals surface area contributed by atoms with Crippen molar-refractivity contribution in [1.82, 2.24) is 10.2 Å². The Balaban J connectivity index is 1.76. The Morgan fingerprint density at radius 3 is 2.45 bits per heavy atom. The van der Waals surface area contributed by atoms with E-state index < -0.39 is 0 Å². The number of morpholine rings is 1. The van der Waals surface area contributed by atoms with Crippen LogP contribution in [0.2, 0.25) is 0 Å². The minimum atomic E-state index is -0.322. The summed E-state index contributed by atoms with van der Waals surface area (Å²) in [5, 5.41) is 3.40. The highest BCUT2D eigenvalue weighted by atomic mass is 16.5. The van der Waals surface area contributed by atoms with Crippen molar-refractivity contribution in [2.45, 2.75) is 39.5 Å². The zero-order chi connectivity index (χ0) is 22.0. The van der Waals surface area contributed by atoms with Crippen LogP contribution >= 0.6 is 0 Å². The summed E-state index contributed by atoms with van der Waals surface area (Å²) in [7, 11) is 0. The van der Waals surface area contributed by atoms with E-state index in [1.807, 2.05) is 11.8 Å².